The molecule has 136 valence electrons. The van der Waals surface area contributed by atoms with E-state index in [-0.39, 0.29) is 18.3 Å². The molecule has 0 bridgehead atoms. The van der Waals surface area contributed by atoms with Gasteiger partial charge in [0, 0.05) is 31.5 Å². The average Bonchev–Trinajstić information content (AvgIpc) is 2.85. The average molecular weight is 363 g/mol. The number of anilines is 1. The fourth-order valence-electron chi connectivity index (χ4n) is 3.12. The van der Waals surface area contributed by atoms with Gasteiger partial charge in [-0.25, -0.2) is 0 Å². The lowest BCUT2D eigenvalue weighted by molar-refractivity contribution is 0.0987. The van der Waals surface area contributed by atoms with Crippen LogP contribution >= 0.6 is 12.4 Å². The third-order valence-corrected chi connectivity index (χ3v) is 4.41. The number of halogens is 1. The number of hydrogen-bond acceptors (Lipinski definition) is 3. The number of para-hydroxylation sites is 1. The molecule has 0 aliphatic carbocycles. The van der Waals surface area contributed by atoms with E-state index in [1.807, 2.05) is 42.2 Å². The van der Waals surface area contributed by atoms with Gasteiger partial charge in [0.2, 0.25) is 0 Å². The third kappa shape index (κ3) is 4.82. The minimum Gasteiger partial charge on any atom is -0.400 e. The summed E-state index contributed by atoms with van der Waals surface area (Å²) in [6.07, 6.45) is 3.22. The predicted molar refractivity (Wildman–Crippen MR) is 106 cm³/mol. The van der Waals surface area contributed by atoms with Crippen LogP contribution < -0.4 is 10.6 Å². The molecule has 1 aliphatic rings. The molecule has 25 heavy (non-hydrogen) atoms. The number of rotatable bonds is 2. The van der Waals surface area contributed by atoms with E-state index < -0.39 is 0 Å². The molecular formula is C20H27ClN2O2. The van der Waals surface area contributed by atoms with Crippen molar-refractivity contribution in [1.82, 2.24) is 0 Å². The van der Waals surface area contributed by atoms with Gasteiger partial charge in [-0.3, -0.25) is 4.79 Å². The van der Waals surface area contributed by atoms with Gasteiger partial charge in [0.25, 0.3) is 5.91 Å². The molecule has 0 aromatic heterocycles. The zero-order valence-electron chi connectivity index (χ0n) is 14.9. The fourth-order valence-corrected chi connectivity index (χ4v) is 3.12. The minimum absolute atomic E-state index is 0. The number of carbonyl (C=O) groups is 1. The Balaban J connectivity index is 0.00000101. The highest BCUT2D eigenvalue weighted by Crippen LogP contribution is 2.27. The first kappa shape index (κ1) is 21.2. The van der Waals surface area contributed by atoms with Crippen LogP contribution in [-0.2, 0) is 13.0 Å². The standard InChI is InChI=1S/C19H22N2O.CH4O.ClH/c1-14-12-16(9-10-17(14)13-20)19(22)21-11-5-4-7-15-6-2-3-8-18(15)21;1-2;/h2-3,6,8-10,12H,4-5,7,11,13,20H2,1H3;2H,1H3;1H. The number of carbonyl (C=O) groups excluding carboxylic acids is 1. The van der Waals surface area contributed by atoms with E-state index in [4.69, 9.17) is 10.8 Å². The lowest BCUT2D eigenvalue weighted by atomic mass is 10.0. The summed E-state index contributed by atoms with van der Waals surface area (Å²) in [7, 11) is 1.00. The van der Waals surface area contributed by atoms with E-state index in [2.05, 4.69) is 12.1 Å². The lowest BCUT2D eigenvalue weighted by Crippen LogP contribution is -2.31. The Hall–Kier alpha value is -1.88. The van der Waals surface area contributed by atoms with Crippen LogP contribution in [0.15, 0.2) is 42.5 Å². The second-order valence-electron chi connectivity index (χ2n) is 5.89. The summed E-state index contributed by atoms with van der Waals surface area (Å²) in [4.78, 5) is 14.9. The van der Waals surface area contributed by atoms with Crippen LogP contribution in [0.5, 0.6) is 0 Å². The van der Waals surface area contributed by atoms with E-state index in [1.54, 1.807) is 0 Å². The largest absolute Gasteiger partial charge is 0.400 e. The van der Waals surface area contributed by atoms with Crippen molar-refractivity contribution in [2.24, 2.45) is 5.73 Å². The molecule has 0 fully saturated rings. The zero-order chi connectivity index (χ0) is 17.5. The van der Waals surface area contributed by atoms with Crippen molar-refractivity contribution in [2.75, 3.05) is 18.6 Å². The Morgan fingerprint density at radius 3 is 2.56 bits per heavy atom. The van der Waals surface area contributed by atoms with E-state index in [0.29, 0.717) is 6.54 Å². The molecule has 0 atom stereocenters. The van der Waals surface area contributed by atoms with Gasteiger partial charge in [-0.1, -0.05) is 24.3 Å². The Morgan fingerprint density at radius 2 is 1.88 bits per heavy atom. The molecule has 5 heteroatoms. The van der Waals surface area contributed by atoms with Crippen molar-refractivity contribution in [3.8, 4) is 0 Å². The van der Waals surface area contributed by atoms with Gasteiger partial charge in [-0.15, -0.1) is 12.4 Å². The van der Waals surface area contributed by atoms with Crippen LogP contribution in [0.3, 0.4) is 0 Å². The number of nitrogens with two attached hydrogens (primary N) is 1. The maximum atomic E-state index is 13.0. The molecule has 3 N–H and O–H groups in total. The molecule has 3 rings (SSSR count). The zero-order valence-corrected chi connectivity index (χ0v) is 15.7. The van der Waals surface area contributed by atoms with Gasteiger partial charge in [-0.05, 0) is 61.1 Å². The number of benzene rings is 2. The summed E-state index contributed by atoms with van der Waals surface area (Å²) in [5.41, 5.74) is 10.9. The van der Waals surface area contributed by atoms with E-state index in [1.165, 1.54) is 5.56 Å². The van der Waals surface area contributed by atoms with Crippen LogP contribution in [0.25, 0.3) is 0 Å². The first-order chi connectivity index (χ1) is 11.7. The molecular weight excluding hydrogens is 336 g/mol. The molecule has 0 saturated carbocycles. The third-order valence-electron chi connectivity index (χ3n) is 4.41. The summed E-state index contributed by atoms with van der Waals surface area (Å²) >= 11 is 0. The molecule has 1 heterocycles. The van der Waals surface area contributed by atoms with Gasteiger partial charge in [0.1, 0.15) is 0 Å². The summed E-state index contributed by atoms with van der Waals surface area (Å²) in [5, 5.41) is 7.00. The van der Waals surface area contributed by atoms with Crippen molar-refractivity contribution in [3.05, 3.63) is 64.7 Å². The van der Waals surface area contributed by atoms with Crippen molar-refractivity contribution < 1.29 is 9.90 Å². The summed E-state index contributed by atoms with van der Waals surface area (Å²) in [6, 6.07) is 14.1. The van der Waals surface area contributed by atoms with Gasteiger partial charge >= 0.3 is 0 Å². The molecule has 2 aromatic rings. The Labute approximate surface area is 156 Å². The highest BCUT2D eigenvalue weighted by atomic mass is 35.5. The molecule has 1 aliphatic heterocycles. The highest BCUT2D eigenvalue weighted by molar-refractivity contribution is 6.06. The molecule has 2 aromatic carbocycles. The van der Waals surface area contributed by atoms with E-state index in [0.717, 1.165) is 55.3 Å². The van der Waals surface area contributed by atoms with E-state index >= 15 is 0 Å². The fraction of sp³-hybridized carbons (Fsp3) is 0.350. The molecule has 0 unspecified atom stereocenters. The van der Waals surface area contributed by atoms with Crippen molar-refractivity contribution >= 4 is 24.0 Å². The quantitative estimate of drug-likeness (QED) is 0.859. The first-order valence-electron chi connectivity index (χ1n) is 8.35. The predicted octanol–water partition coefficient (Wildman–Crippen LogP) is 3.47. The van der Waals surface area contributed by atoms with Crippen LogP contribution in [0, 0.1) is 6.92 Å². The molecule has 4 nitrogen and oxygen atoms in total. The van der Waals surface area contributed by atoms with Crippen molar-refractivity contribution in [2.45, 2.75) is 32.7 Å². The Kier molecular flexibility index (Phi) is 8.62. The summed E-state index contributed by atoms with van der Waals surface area (Å²) < 4.78 is 0. The smallest absolute Gasteiger partial charge is 0.258 e. The molecule has 0 radical (unpaired) electrons. The molecule has 0 spiro atoms. The lowest BCUT2D eigenvalue weighted by Gasteiger charge is -2.23. The number of aryl methyl sites for hydroxylation is 2. The van der Waals surface area contributed by atoms with Gasteiger partial charge in [-0.2, -0.15) is 0 Å². The number of nitrogens with zero attached hydrogens (tertiary/aromatic N) is 1. The molecule has 1 amide bonds. The monoisotopic (exact) mass is 362 g/mol. The highest BCUT2D eigenvalue weighted by Gasteiger charge is 2.22. The first-order valence-corrected chi connectivity index (χ1v) is 8.35. The summed E-state index contributed by atoms with van der Waals surface area (Å²) in [5.74, 6) is 0.0843. The van der Waals surface area contributed by atoms with Gasteiger partial charge < -0.3 is 15.7 Å². The van der Waals surface area contributed by atoms with Gasteiger partial charge in [0.05, 0.1) is 0 Å². The van der Waals surface area contributed by atoms with Crippen LogP contribution in [0.4, 0.5) is 5.69 Å². The van der Waals surface area contributed by atoms with Crippen LogP contribution in [0.2, 0.25) is 0 Å². The normalized spacial score (nSPS) is 12.9. The number of aliphatic hydroxyl groups excluding tert-OH is 1. The van der Waals surface area contributed by atoms with Crippen molar-refractivity contribution in [3.63, 3.8) is 0 Å². The van der Waals surface area contributed by atoms with Crippen LogP contribution in [0.1, 0.15) is 39.9 Å². The maximum absolute atomic E-state index is 13.0. The molecule has 0 saturated heterocycles. The Bertz CT molecular complexity index is 704. The van der Waals surface area contributed by atoms with Crippen molar-refractivity contribution in [1.29, 1.82) is 0 Å². The van der Waals surface area contributed by atoms with Gasteiger partial charge in [0.15, 0.2) is 0 Å². The number of amides is 1. The number of hydrogen-bond donors (Lipinski definition) is 2. The Morgan fingerprint density at radius 1 is 1.16 bits per heavy atom. The maximum Gasteiger partial charge on any atom is 0.258 e. The number of aliphatic hydroxyl groups is 1. The van der Waals surface area contributed by atoms with E-state index in [9.17, 15) is 4.79 Å². The minimum atomic E-state index is 0. The van der Waals surface area contributed by atoms with Crippen LogP contribution in [-0.4, -0.2) is 24.7 Å². The second-order valence-corrected chi connectivity index (χ2v) is 5.89. The summed E-state index contributed by atoms with van der Waals surface area (Å²) in [6.45, 7) is 3.30. The SMILES string of the molecule is CO.Cc1cc(C(=O)N2CCCCc3ccccc32)ccc1CN.Cl. The second kappa shape index (κ2) is 10.2. The topological polar surface area (TPSA) is 66.6 Å². The number of fused-ring (bicyclic) bond motifs is 1.